The topological polar surface area (TPSA) is 237 Å². The molecule has 552 valence electrons. The number of aliphatic hydroxyl groups is 1. The Balaban J connectivity index is 5.24. The van der Waals surface area contributed by atoms with Crippen molar-refractivity contribution in [1.29, 1.82) is 0 Å². The zero-order valence-corrected chi connectivity index (χ0v) is 62.7. The fraction of sp³-hybridized carbons (Fsp3) is 0.946. The van der Waals surface area contributed by atoms with Crippen LogP contribution < -0.4 is 0 Å². The lowest BCUT2D eigenvalue weighted by Crippen LogP contribution is -2.30. The average Bonchev–Trinajstić information content (AvgIpc) is 2.07. The number of hydrogen-bond donors (Lipinski definition) is 3. The summed E-state index contributed by atoms with van der Waals surface area (Å²) in [5, 5.41) is 10.6. The number of unbranched alkanes of at least 4 members (excludes halogenated alkanes) is 36. The van der Waals surface area contributed by atoms with Crippen LogP contribution in [0.4, 0.5) is 0 Å². The van der Waals surface area contributed by atoms with E-state index in [1.807, 2.05) is 0 Å². The molecule has 0 radical (unpaired) electrons. The molecule has 0 amide bonds. The minimum atomic E-state index is -4.96. The quantitative estimate of drug-likeness (QED) is 0.0222. The van der Waals surface area contributed by atoms with Gasteiger partial charge in [-0.15, -0.1) is 0 Å². The molecule has 0 rings (SSSR count). The Morgan fingerprint density at radius 2 is 0.516 bits per heavy atom. The highest BCUT2D eigenvalue weighted by atomic mass is 31.2. The van der Waals surface area contributed by atoms with Crippen molar-refractivity contribution >= 4 is 39.5 Å². The minimum absolute atomic E-state index is 0.102. The maximum Gasteiger partial charge on any atom is 0.472 e. The van der Waals surface area contributed by atoms with Crippen molar-refractivity contribution in [3.8, 4) is 0 Å². The molecule has 3 N–H and O–H groups in total. The first kappa shape index (κ1) is 91.1. The van der Waals surface area contributed by atoms with E-state index in [0.29, 0.717) is 25.7 Å². The van der Waals surface area contributed by atoms with Crippen molar-refractivity contribution in [1.82, 2.24) is 0 Å². The summed E-state index contributed by atoms with van der Waals surface area (Å²) in [5.41, 5.74) is 0. The standard InChI is InChI=1S/C74H144O17P2/c1-9-67(8)53-45-37-32-33-41-49-57-74(79)91-70(61-85-72(77)55-47-39-30-25-24-28-36-44-52-66(6)7)63-89-93(82,83)87-59-68(75)58-86-92(80,81)88-62-69(90-73(78)56-48-40-31-23-19-15-14-17-21-27-35-43-51-65(4)5)60-84-71(76)54-46-38-29-22-18-13-11-10-12-16-20-26-34-42-50-64(2)3/h64-70,75H,9-63H2,1-8H3,(H,80,81)(H,82,83)/t67?,68?,69-,70-/m1/s1. The highest BCUT2D eigenvalue weighted by Gasteiger charge is 2.30. The highest BCUT2D eigenvalue weighted by Crippen LogP contribution is 2.45. The fourth-order valence-corrected chi connectivity index (χ4v) is 12.7. The maximum atomic E-state index is 13.1. The molecule has 0 aliphatic rings. The van der Waals surface area contributed by atoms with E-state index < -0.39 is 97.5 Å². The van der Waals surface area contributed by atoms with Crippen molar-refractivity contribution in [3.05, 3.63) is 0 Å². The number of phosphoric ester groups is 2. The van der Waals surface area contributed by atoms with E-state index in [1.54, 1.807) is 0 Å². The van der Waals surface area contributed by atoms with E-state index in [0.717, 1.165) is 114 Å². The maximum absolute atomic E-state index is 13.1. The number of hydrogen-bond acceptors (Lipinski definition) is 15. The number of phosphoric acid groups is 2. The summed E-state index contributed by atoms with van der Waals surface area (Å²) >= 11 is 0. The molecule has 0 saturated heterocycles. The van der Waals surface area contributed by atoms with Crippen molar-refractivity contribution in [2.24, 2.45) is 23.7 Å². The molecular formula is C74H144O17P2. The van der Waals surface area contributed by atoms with Crippen molar-refractivity contribution in [2.75, 3.05) is 39.6 Å². The van der Waals surface area contributed by atoms with Gasteiger partial charge in [-0.3, -0.25) is 37.3 Å². The predicted octanol–water partition coefficient (Wildman–Crippen LogP) is 21.3. The molecule has 0 aromatic rings. The van der Waals surface area contributed by atoms with Gasteiger partial charge in [-0.1, -0.05) is 319 Å². The third kappa shape index (κ3) is 67.0. The van der Waals surface area contributed by atoms with Gasteiger partial charge in [0.25, 0.3) is 0 Å². The van der Waals surface area contributed by atoms with Crippen LogP contribution in [0.3, 0.4) is 0 Å². The van der Waals surface area contributed by atoms with Gasteiger partial charge in [0.1, 0.15) is 19.3 Å². The van der Waals surface area contributed by atoms with E-state index >= 15 is 0 Å². The molecule has 93 heavy (non-hydrogen) atoms. The second kappa shape index (κ2) is 63.5. The van der Waals surface area contributed by atoms with Crippen LogP contribution in [0, 0.1) is 23.7 Å². The number of aliphatic hydroxyl groups excluding tert-OH is 1. The number of carbonyl (C=O) groups is 4. The molecule has 0 aromatic heterocycles. The number of rotatable bonds is 71. The largest absolute Gasteiger partial charge is 0.472 e. The Bertz CT molecular complexity index is 1840. The summed E-state index contributed by atoms with van der Waals surface area (Å²) in [6, 6.07) is 0. The van der Waals surface area contributed by atoms with Crippen LogP contribution in [0.25, 0.3) is 0 Å². The summed E-state index contributed by atoms with van der Waals surface area (Å²) in [7, 11) is -9.91. The number of carbonyl (C=O) groups excluding carboxylic acids is 4. The SMILES string of the molecule is CCC(C)CCCCCCCCC(=O)O[C@H](COC(=O)CCCCCCCCCCC(C)C)COP(=O)(O)OCC(O)COP(=O)(O)OC[C@@H](COC(=O)CCCCCCCCCCCCCCCCC(C)C)OC(=O)CCCCCCCCCCCCCCC(C)C. The monoisotopic (exact) mass is 1370 g/mol. The summed E-state index contributed by atoms with van der Waals surface area (Å²) in [6.07, 6.45) is 47.3. The Labute approximate surface area is 568 Å². The molecular weight excluding hydrogens is 1220 g/mol. The second-order valence-electron chi connectivity index (χ2n) is 28.4. The minimum Gasteiger partial charge on any atom is -0.462 e. The van der Waals surface area contributed by atoms with E-state index in [2.05, 4.69) is 55.4 Å². The molecule has 0 bridgehead atoms. The zero-order chi connectivity index (χ0) is 68.9. The number of esters is 4. The van der Waals surface area contributed by atoms with Crippen molar-refractivity contribution < 1.29 is 80.2 Å². The summed E-state index contributed by atoms with van der Waals surface area (Å²) in [5.74, 6) is 0.896. The Hall–Kier alpha value is -1.94. The first-order chi connectivity index (χ1) is 44.6. The molecule has 0 aliphatic carbocycles. The molecule has 6 atom stereocenters. The van der Waals surface area contributed by atoms with Gasteiger partial charge >= 0.3 is 39.5 Å². The third-order valence-corrected chi connectivity index (χ3v) is 19.3. The van der Waals surface area contributed by atoms with Gasteiger partial charge in [0.05, 0.1) is 26.4 Å². The second-order valence-corrected chi connectivity index (χ2v) is 31.3. The average molecular weight is 1370 g/mol. The summed E-state index contributed by atoms with van der Waals surface area (Å²) in [4.78, 5) is 72.7. The Morgan fingerprint density at radius 3 is 0.763 bits per heavy atom. The fourth-order valence-electron chi connectivity index (χ4n) is 11.2. The van der Waals surface area contributed by atoms with E-state index in [4.69, 9.17) is 37.0 Å². The molecule has 4 unspecified atom stereocenters. The van der Waals surface area contributed by atoms with Gasteiger partial charge < -0.3 is 33.8 Å². The predicted molar refractivity (Wildman–Crippen MR) is 377 cm³/mol. The van der Waals surface area contributed by atoms with Crippen LogP contribution in [0.15, 0.2) is 0 Å². The van der Waals surface area contributed by atoms with Gasteiger partial charge in [-0.2, -0.15) is 0 Å². The van der Waals surface area contributed by atoms with E-state index in [-0.39, 0.29) is 25.7 Å². The lowest BCUT2D eigenvalue weighted by atomic mass is 10.00. The van der Waals surface area contributed by atoms with Crippen molar-refractivity contribution in [3.63, 3.8) is 0 Å². The lowest BCUT2D eigenvalue weighted by molar-refractivity contribution is -0.161. The third-order valence-electron chi connectivity index (χ3n) is 17.4. The summed E-state index contributed by atoms with van der Waals surface area (Å²) < 4.78 is 68.4. The van der Waals surface area contributed by atoms with Crippen molar-refractivity contribution in [2.45, 2.75) is 388 Å². The van der Waals surface area contributed by atoms with Crippen LogP contribution in [-0.2, 0) is 65.4 Å². The highest BCUT2D eigenvalue weighted by molar-refractivity contribution is 7.47. The first-order valence-electron chi connectivity index (χ1n) is 38.2. The lowest BCUT2D eigenvalue weighted by Gasteiger charge is -2.21. The Kier molecular flexibility index (Phi) is 62.2. The molecule has 0 aliphatic heterocycles. The van der Waals surface area contributed by atoms with Gasteiger partial charge in [0.15, 0.2) is 12.2 Å². The molecule has 0 aromatic carbocycles. The molecule has 0 fully saturated rings. The molecule has 0 heterocycles. The van der Waals surface area contributed by atoms with Crippen LogP contribution in [0.1, 0.15) is 370 Å². The van der Waals surface area contributed by atoms with E-state index in [9.17, 15) is 43.2 Å². The Morgan fingerprint density at radius 1 is 0.301 bits per heavy atom. The van der Waals surface area contributed by atoms with E-state index in [1.165, 1.54) is 173 Å². The summed E-state index contributed by atoms with van der Waals surface area (Å²) in [6.45, 7) is 14.1. The van der Waals surface area contributed by atoms with Crippen LogP contribution >= 0.6 is 15.6 Å². The van der Waals surface area contributed by atoms with Crippen LogP contribution in [-0.4, -0.2) is 96.7 Å². The van der Waals surface area contributed by atoms with Gasteiger partial charge in [0.2, 0.25) is 0 Å². The van der Waals surface area contributed by atoms with Gasteiger partial charge in [-0.05, 0) is 49.4 Å². The van der Waals surface area contributed by atoms with Crippen LogP contribution in [0.5, 0.6) is 0 Å². The molecule has 0 spiro atoms. The normalized spacial score (nSPS) is 14.5. The molecule has 19 heteroatoms. The first-order valence-corrected chi connectivity index (χ1v) is 41.2. The number of ether oxygens (including phenoxy) is 4. The van der Waals surface area contributed by atoms with Crippen LogP contribution in [0.2, 0.25) is 0 Å². The van der Waals surface area contributed by atoms with Gasteiger partial charge in [0, 0.05) is 25.7 Å². The van der Waals surface area contributed by atoms with Gasteiger partial charge in [-0.25, -0.2) is 9.13 Å². The zero-order valence-electron chi connectivity index (χ0n) is 60.9. The molecule has 17 nitrogen and oxygen atoms in total. The smallest absolute Gasteiger partial charge is 0.462 e. The molecule has 0 saturated carbocycles.